The van der Waals surface area contributed by atoms with Gasteiger partial charge in [0.1, 0.15) is 0 Å². The molecule has 1 N–H and O–H groups in total. The first-order valence-electron chi connectivity index (χ1n) is 6.95. The molecule has 2 rings (SSSR count). The van der Waals surface area contributed by atoms with E-state index in [-0.39, 0.29) is 0 Å². The molecule has 0 fully saturated rings. The molecule has 0 aliphatic heterocycles. The maximum absolute atomic E-state index is 12.8. The Labute approximate surface area is 127 Å². The van der Waals surface area contributed by atoms with Crippen LogP contribution >= 0.6 is 0 Å². The number of benzene rings is 2. The molecular weight excluding hydrogens is 291 g/mol. The van der Waals surface area contributed by atoms with Gasteiger partial charge >= 0.3 is 6.18 Å². The molecule has 0 saturated carbocycles. The van der Waals surface area contributed by atoms with Gasteiger partial charge in [-0.3, -0.25) is 0 Å². The van der Waals surface area contributed by atoms with Crippen LogP contribution in [0.2, 0.25) is 0 Å². The number of rotatable bonds is 6. The molecule has 0 saturated heterocycles. The highest BCUT2D eigenvalue weighted by atomic mass is 19.4. The maximum atomic E-state index is 12.8. The van der Waals surface area contributed by atoms with Crippen LogP contribution in [0.15, 0.2) is 54.6 Å². The third-order valence-corrected chi connectivity index (χ3v) is 3.37. The van der Waals surface area contributed by atoms with Crippen LogP contribution in [0.3, 0.4) is 0 Å². The summed E-state index contributed by atoms with van der Waals surface area (Å²) in [5.41, 5.74) is 0.967. The van der Waals surface area contributed by atoms with Crippen LogP contribution in [-0.4, -0.2) is 13.7 Å². The molecular formula is C17H18F3NO. The van der Waals surface area contributed by atoms with Gasteiger partial charge < -0.3 is 10.1 Å². The second kappa shape index (κ2) is 7.42. The Balaban J connectivity index is 1.99. The van der Waals surface area contributed by atoms with Gasteiger partial charge in [0.15, 0.2) is 0 Å². The molecule has 0 radical (unpaired) electrons. The van der Waals surface area contributed by atoms with Crippen LogP contribution < -0.4 is 5.32 Å². The van der Waals surface area contributed by atoms with Crippen molar-refractivity contribution in [1.29, 1.82) is 0 Å². The maximum Gasteiger partial charge on any atom is 0.416 e. The second-order valence-corrected chi connectivity index (χ2v) is 4.96. The molecule has 22 heavy (non-hydrogen) atoms. The number of halogens is 3. The van der Waals surface area contributed by atoms with Crippen molar-refractivity contribution >= 4 is 0 Å². The molecule has 0 aromatic heterocycles. The van der Waals surface area contributed by atoms with Crippen LogP contribution in [0, 0.1) is 0 Å². The Morgan fingerprint density at radius 3 is 2.41 bits per heavy atom. The third kappa shape index (κ3) is 4.58. The minimum absolute atomic E-state index is 0.425. The van der Waals surface area contributed by atoms with Crippen molar-refractivity contribution in [2.75, 3.05) is 13.7 Å². The van der Waals surface area contributed by atoms with E-state index in [2.05, 4.69) is 5.32 Å². The Kier molecular flexibility index (Phi) is 5.57. The van der Waals surface area contributed by atoms with Gasteiger partial charge in [-0.2, -0.15) is 13.2 Å². The highest BCUT2D eigenvalue weighted by molar-refractivity contribution is 5.27. The van der Waals surface area contributed by atoms with Crippen molar-refractivity contribution in [2.45, 2.75) is 18.8 Å². The first-order chi connectivity index (χ1) is 10.5. The molecule has 0 aliphatic carbocycles. The van der Waals surface area contributed by atoms with Crippen molar-refractivity contribution in [3.8, 4) is 0 Å². The summed E-state index contributed by atoms with van der Waals surface area (Å²) in [6.45, 7) is 1.08. The Morgan fingerprint density at radius 1 is 1.05 bits per heavy atom. The van der Waals surface area contributed by atoms with E-state index in [1.54, 1.807) is 6.07 Å². The summed E-state index contributed by atoms with van der Waals surface area (Å²) in [5, 5.41) is 3.20. The minimum atomic E-state index is -4.34. The van der Waals surface area contributed by atoms with E-state index in [0.717, 1.165) is 17.7 Å². The molecule has 2 nitrogen and oxygen atoms in total. The van der Waals surface area contributed by atoms with Crippen molar-refractivity contribution in [3.63, 3.8) is 0 Å². The molecule has 2 aromatic rings. The van der Waals surface area contributed by atoms with E-state index in [9.17, 15) is 13.2 Å². The fourth-order valence-electron chi connectivity index (χ4n) is 2.20. The molecule has 1 atom stereocenters. The number of nitrogens with one attached hydrogen (secondary N) is 1. The summed E-state index contributed by atoms with van der Waals surface area (Å²) >= 11 is 0. The average Bonchev–Trinajstić information content (AvgIpc) is 2.52. The lowest BCUT2D eigenvalue weighted by molar-refractivity contribution is -0.137. The molecule has 0 bridgehead atoms. The summed E-state index contributed by atoms with van der Waals surface area (Å²) in [7, 11) is 1.50. The topological polar surface area (TPSA) is 21.3 Å². The third-order valence-electron chi connectivity index (χ3n) is 3.37. The van der Waals surface area contributed by atoms with E-state index < -0.39 is 17.8 Å². The van der Waals surface area contributed by atoms with Gasteiger partial charge in [0, 0.05) is 20.2 Å². The van der Waals surface area contributed by atoms with Crippen molar-refractivity contribution < 1.29 is 17.9 Å². The highest BCUT2D eigenvalue weighted by Crippen LogP contribution is 2.31. The predicted molar refractivity (Wildman–Crippen MR) is 79.3 cm³/mol. The van der Waals surface area contributed by atoms with Gasteiger partial charge in [-0.25, -0.2) is 0 Å². The largest absolute Gasteiger partial charge is 0.416 e. The van der Waals surface area contributed by atoms with Crippen LogP contribution in [0.25, 0.3) is 0 Å². The quantitative estimate of drug-likeness (QED) is 0.864. The monoisotopic (exact) mass is 309 g/mol. The zero-order valence-electron chi connectivity index (χ0n) is 12.2. The Bertz CT molecular complexity index is 584. The highest BCUT2D eigenvalue weighted by Gasteiger charge is 2.30. The number of methoxy groups -OCH3 is 1. The summed E-state index contributed by atoms with van der Waals surface area (Å²) in [4.78, 5) is 0. The standard InChI is InChI=1S/C17H18F3NO/c1-22-16(12-21-11-13-6-3-2-4-7-13)14-8-5-9-15(10-14)17(18,19)20/h2-10,16,21H,11-12H2,1H3. The van der Waals surface area contributed by atoms with Crippen LogP contribution in [0.5, 0.6) is 0 Å². The van der Waals surface area contributed by atoms with Crippen molar-refractivity contribution in [3.05, 3.63) is 71.3 Å². The Hall–Kier alpha value is -1.85. The smallest absolute Gasteiger partial charge is 0.375 e. The van der Waals surface area contributed by atoms with Crippen molar-refractivity contribution in [1.82, 2.24) is 5.32 Å². The van der Waals surface area contributed by atoms with Crippen molar-refractivity contribution in [2.24, 2.45) is 0 Å². The fourth-order valence-corrected chi connectivity index (χ4v) is 2.20. The lowest BCUT2D eigenvalue weighted by Crippen LogP contribution is -2.22. The molecule has 1 unspecified atom stereocenters. The van der Waals surface area contributed by atoms with Crippen LogP contribution in [-0.2, 0) is 17.5 Å². The lowest BCUT2D eigenvalue weighted by atomic mass is 10.1. The van der Waals surface area contributed by atoms with E-state index in [1.165, 1.54) is 13.2 Å². The minimum Gasteiger partial charge on any atom is -0.375 e. The number of hydrogen-bond donors (Lipinski definition) is 1. The SMILES string of the molecule is COC(CNCc1ccccc1)c1cccc(C(F)(F)F)c1. The van der Waals surface area contributed by atoms with Gasteiger partial charge in [-0.05, 0) is 23.3 Å². The van der Waals surface area contributed by atoms with Gasteiger partial charge in [0.2, 0.25) is 0 Å². The van der Waals surface area contributed by atoms with Gasteiger partial charge in [0.25, 0.3) is 0 Å². The first kappa shape index (κ1) is 16.5. The molecule has 118 valence electrons. The Morgan fingerprint density at radius 2 is 1.77 bits per heavy atom. The molecule has 0 heterocycles. The normalized spacial score (nSPS) is 13.1. The molecule has 2 aromatic carbocycles. The zero-order valence-corrected chi connectivity index (χ0v) is 12.2. The van der Waals surface area contributed by atoms with E-state index in [4.69, 9.17) is 4.74 Å². The van der Waals surface area contributed by atoms with E-state index >= 15 is 0 Å². The van der Waals surface area contributed by atoms with Gasteiger partial charge in [-0.15, -0.1) is 0 Å². The van der Waals surface area contributed by atoms with E-state index in [0.29, 0.717) is 18.7 Å². The fraction of sp³-hybridized carbons (Fsp3) is 0.294. The van der Waals surface area contributed by atoms with Gasteiger partial charge in [-0.1, -0.05) is 42.5 Å². The summed E-state index contributed by atoms with van der Waals surface area (Å²) < 4.78 is 43.6. The van der Waals surface area contributed by atoms with E-state index in [1.807, 2.05) is 30.3 Å². The summed E-state index contributed by atoms with van der Waals surface area (Å²) in [6, 6.07) is 15.0. The van der Waals surface area contributed by atoms with Crippen LogP contribution in [0.4, 0.5) is 13.2 Å². The lowest BCUT2D eigenvalue weighted by Gasteiger charge is -2.18. The molecule has 0 spiro atoms. The second-order valence-electron chi connectivity index (χ2n) is 4.96. The van der Waals surface area contributed by atoms with Crippen LogP contribution in [0.1, 0.15) is 22.8 Å². The number of hydrogen-bond acceptors (Lipinski definition) is 2. The first-order valence-corrected chi connectivity index (χ1v) is 6.95. The molecule has 0 amide bonds. The molecule has 0 aliphatic rings. The number of alkyl halides is 3. The number of ether oxygens (including phenoxy) is 1. The average molecular weight is 309 g/mol. The predicted octanol–water partition coefficient (Wildman–Crippen LogP) is 4.18. The zero-order chi connectivity index (χ0) is 16.0. The summed E-state index contributed by atoms with van der Waals surface area (Å²) in [6.07, 6.45) is -4.77. The van der Waals surface area contributed by atoms with Gasteiger partial charge in [0.05, 0.1) is 11.7 Å². The molecule has 5 heteroatoms. The summed E-state index contributed by atoms with van der Waals surface area (Å²) in [5.74, 6) is 0.